The van der Waals surface area contributed by atoms with Crippen molar-refractivity contribution >= 4 is 27.6 Å². The van der Waals surface area contributed by atoms with Crippen LogP contribution in [0.3, 0.4) is 0 Å². The predicted octanol–water partition coefficient (Wildman–Crippen LogP) is 2.23. The lowest BCUT2D eigenvalue weighted by atomic mass is 9.98. The highest BCUT2D eigenvalue weighted by Gasteiger charge is 2.16. The van der Waals surface area contributed by atoms with Gasteiger partial charge in [0.25, 0.3) is 0 Å². The molecule has 0 saturated heterocycles. The van der Waals surface area contributed by atoms with Crippen LogP contribution in [-0.2, 0) is 13.2 Å². The van der Waals surface area contributed by atoms with Gasteiger partial charge in [-0.3, -0.25) is 5.84 Å². The molecule has 4 aromatic rings. The number of nitrogens with zero attached hydrogens (tertiary/aromatic N) is 2. The molecule has 7 heteroatoms. The van der Waals surface area contributed by atoms with Crippen LogP contribution < -0.4 is 26.9 Å². The third kappa shape index (κ3) is 4.44. The number of hydrogen-bond donors (Lipinski definition) is 4. The first-order valence-electron chi connectivity index (χ1n) is 11.0. The Morgan fingerprint density at radius 2 is 1.97 bits per heavy atom. The zero-order chi connectivity index (χ0) is 22.6. The summed E-state index contributed by atoms with van der Waals surface area (Å²) in [6.07, 6.45) is 8.33. The number of aromatic nitrogens is 2. The summed E-state index contributed by atoms with van der Waals surface area (Å²) in [4.78, 5) is 4.70. The molecule has 2 aromatic carbocycles. The Labute approximate surface area is 192 Å². The van der Waals surface area contributed by atoms with Gasteiger partial charge >= 0.3 is 5.84 Å². The Balaban J connectivity index is 1.34. The van der Waals surface area contributed by atoms with Gasteiger partial charge in [-0.05, 0) is 60.2 Å². The third-order valence-corrected chi connectivity index (χ3v) is 5.93. The molecule has 6 N–H and O–H groups in total. The first-order valence-corrected chi connectivity index (χ1v) is 11.0. The van der Waals surface area contributed by atoms with E-state index in [-0.39, 0.29) is 0 Å². The molecule has 2 aromatic heterocycles. The van der Waals surface area contributed by atoms with E-state index < -0.39 is 0 Å². The monoisotopic (exact) mass is 439 g/mol. The summed E-state index contributed by atoms with van der Waals surface area (Å²) in [7, 11) is 0. The summed E-state index contributed by atoms with van der Waals surface area (Å²) in [5.41, 5.74) is 7.92. The maximum Gasteiger partial charge on any atom is 0.311 e. The fourth-order valence-corrected chi connectivity index (χ4v) is 4.24. The number of allylic oxidation sites excluding steroid dienone is 3. The van der Waals surface area contributed by atoms with Crippen molar-refractivity contribution < 1.29 is 9.84 Å². The molecule has 33 heavy (non-hydrogen) atoms. The third-order valence-electron chi connectivity index (χ3n) is 5.93. The minimum Gasteiger partial charge on any atom is -0.487 e. The van der Waals surface area contributed by atoms with Crippen molar-refractivity contribution in [3.05, 3.63) is 95.9 Å². The van der Waals surface area contributed by atoms with E-state index in [4.69, 9.17) is 21.4 Å². The van der Waals surface area contributed by atoms with Gasteiger partial charge in [0.1, 0.15) is 12.4 Å². The van der Waals surface area contributed by atoms with Crippen LogP contribution in [0.4, 0.5) is 0 Å². The zero-order valence-corrected chi connectivity index (χ0v) is 18.3. The normalized spacial score (nSPS) is 14.3. The van der Waals surface area contributed by atoms with Crippen LogP contribution in [0.1, 0.15) is 18.5 Å². The Kier molecular flexibility index (Phi) is 5.78. The van der Waals surface area contributed by atoms with Gasteiger partial charge in [-0.25, -0.2) is 4.98 Å². The van der Waals surface area contributed by atoms with Gasteiger partial charge in [-0.2, -0.15) is 16.4 Å². The number of rotatable bonds is 6. The predicted molar refractivity (Wildman–Crippen MR) is 131 cm³/mol. The van der Waals surface area contributed by atoms with Crippen molar-refractivity contribution in [3.63, 3.8) is 0 Å². The van der Waals surface area contributed by atoms with Gasteiger partial charge in [0, 0.05) is 29.8 Å². The molecule has 0 aliphatic heterocycles. The molecule has 0 saturated carbocycles. The second-order valence-electron chi connectivity index (χ2n) is 8.10. The second-order valence-corrected chi connectivity index (χ2v) is 8.10. The molecule has 1 aliphatic rings. The molecule has 0 radical (unpaired) electrons. The van der Waals surface area contributed by atoms with Crippen LogP contribution in [0.2, 0.25) is 0 Å². The van der Waals surface area contributed by atoms with Gasteiger partial charge in [0.05, 0.1) is 16.7 Å². The molecular weight excluding hydrogens is 412 g/mol. The number of pyridine rings is 1. The molecule has 0 bridgehead atoms. The highest BCUT2D eigenvalue weighted by molar-refractivity contribution is 5.94. The number of ether oxygens (including phenoxy) is 1. The van der Waals surface area contributed by atoms with Crippen molar-refractivity contribution in [1.29, 1.82) is 0 Å². The van der Waals surface area contributed by atoms with Crippen molar-refractivity contribution in [1.82, 2.24) is 15.0 Å². The summed E-state index contributed by atoms with van der Waals surface area (Å²) in [6.45, 7) is 1.18. The maximum absolute atomic E-state index is 6.09. The Hall–Kier alpha value is -4.10. The van der Waals surface area contributed by atoms with E-state index in [0.717, 1.165) is 52.8 Å². The van der Waals surface area contributed by atoms with Gasteiger partial charge < -0.3 is 9.30 Å². The van der Waals surface area contributed by atoms with Gasteiger partial charge in [-0.15, -0.1) is 0 Å². The quantitative estimate of drug-likeness (QED) is 0.160. The maximum atomic E-state index is 6.09. The summed E-state index contributed by atoms with van der Waals surface area (Å²) in [5, 5.41) is 4.93. The van der Waals surface area contributed by atoms with E-state index in [1.54, 1.807) is 0 Å². The Morgan fingerprint density at radius 3 is 2.85 bits per heavy atom. The standard InChI is InChI=1S/C26H26N6O/c27-30-26(31-28)21-6-3-4-18(14-21)16-32-13-12-20-9-11-23(15-25(20)32)33-17-22-10-8-19-5-1-2-7-24(19)29-22/h1-2,4-5,7-15H,3,6,16-17,27-28H2,(H,30,31)/p+1. The second kappa shape index (κ2) is 9.18. The average molecular weight is 440 g/mol. The van der Waals surface area contributed by atoms with Crippen LogP contribution in [-0.4, -0.2) is 15.4 Å². The van der Waals surface area contributed by atoms with Crippen LogP contribution in [0.15, 0.2) is 90.2 Å². The number of nitrogens with one attached hydrogen (secondary N) is 2. The van der Waals surface area contributed by atoms with Crippen LogP contribution >= 0.6 is 0 Å². The van der Waals surface area contributed by atoms with E-state index in [0.29, 0.717) is 12.4 Å². The number of benzene rings is 2. The Morgan fingerprint density at radius 1 is 1.09 bits per heavy atom. The molecule has 0 spiro atoms. The van der Waals surface area contributed by atoms with E-state index >= 15 is 0 Å². The number of hydrazone groups is 1. The lowest BCUT2D eigenvalue weighted by Crippen LogP contribution is -2.83. The summed E-state index contributed by atoms with van der Waals surface area (Å²) in [6, 6.07) is 20.5. The zero-order valence-electron chi connectivity index (χ0n) is 18.3. The highest BCUT2D eigenvalue weighted by atomic mass is 16.5. The highest BCUT2D eigenvalue weighted by Crippen LogP contribution is 2.25. The van der Waals surface area contributed by atoms with Gasteiger partial charge in [0.15, 0.2) is 0 Å². The van der Waals surface area contributed by atoms with Crippen molar-refractivity contribution in [3.8, 4) is 5.75 Å². The molecule has 166 valence electrons. The molecule has 0 amide bonds. The van der Waals surface area contributed by atoms with Crippen molar-refractivity contribution in [2.24, 2.45) is 11.7 Å². The molecule has 5 rings (SSSR count). The first kappa shape index (κ1) is 20.8. The smallest absolute Gasteiger partial charge is 0.311 e. The topological polar surface area (TPSA) is 105 Å². The fourth-order valence-electron chi connectivity index (χ4n) is 4.24. The van der Waals surface area contributed by atoms with Crippen LogP contribution in [0, 0.1) is 0 Å². The van der Waals surface area contributed by atoms with Gasteiger partial charge in [0.2, 0.25) is 0 Å². The largest absolute Gasteiger partial charge is 0.487 e. The minimum absolute atomic E-state index is 0.422. The van der Waals surface area contributed by atoms with Gasteiger partial charge in [-0.1, -0.05) is 30.3 Å². The van der Waals surface area contributed by atoms with E-state index in [9.17, 15) is 0 Å². The molecule has 7 nitrogen and oxygen atoms in total. The number of fused-ring (bicyclic) bond motifs is 2. The summed E-state index contributed by atoms with van der Waals surface area (Å²) >= 11 is 0. The van der Waals surface area contributed by atoms with Crippen molar-refractivity contribution in [2.45, 2.75) is 26.0 Å². The molecule has 0 atom stereocenters. The Bertz CT molecular complexity index is 1400. The van der Waals surface area contributed by atoms with E-state index in [2.05, 4.69) is 63.8 Å². The molecule has 0 fully saturated rings. The minimum atomic E-state index is 0.422. The summed E-state index contributed by atoms with van der Waals surface area (Å²) < 4.78 is 8.32. The van der Waals surface area contributed by atoms with E-state index in [1.807, 2.05) is 30.3 Å². The molecule has 2 heterocycles. The van der Waals surface area contributed by atoms with E-state index in [1.165, 1.54) is 11.0 Å². The first-order chi connectivity index (χ1) is 16.2. The lowest BCUT2D eigenvalue weighted by molar-refractivity contribution is -0.471. The molecule has 0 unspecified atom stereocenters. The average Bonchev–Trinajstić information content (AvgIpc) is 3.25. The number of amidine groups is 1. The lowest BCUT2D eigenvalue weighted by Gasteiger charge is -2.14. The number of hydrazine groups is 2. The van der Waals surface area contributed by atoms with Crippen molar-refractivity contribution in [2.75, 3.05) is 0 Å². The van der Waals surface area contributed by atoms with Crippen LogP contribution in [0.5, 0.6) is 5.75 Å². The molecule has 1 aliphatic carbocycles. The SMILES string of the molecule is NNC(=[NH+]N)C1=CC(Cn2ccc3ccc(OCc4ccc5ccccc5n4)cc32)=CCC1. The molecular formula is C26H27N6O+. The number of para-hydroxylation sites is 1. The van der Waals surface area contributed by atoms with Crippen LogP contribution in [0.25, 0.3) is 21.8 Å². The number of hydrogen-bond acceptors (Lipinski definition) is 4. The summed E-state index contributed by atoms with van der Waals surface area (Å²) in [5.74, 6) is 12.6. The number of nitrogens with two attached hydrogens (primary N) is 2. The fraction of sp³-hybridized carbons (Fsp3) is 0.154.